The Morgan fingerprint density at radius 3 is 2.45 bits per heavy atom. The topological polar surface area (TPSA) is 91.9 Å². The molecule has 0 bridgehead atoms. The number of benzene rings is 3. The average Bonchev–Trinajstić information content (AvgIpc) is 2.93. The van der Waals surface area contributed by atoms with E-state index in [4.69, 9.17) is 21.1 Å². The van der Waals surface area contributed by atoms with Crippen LogP contribution in [0.15, 0.2) is 66.7 Å². The molecule has 3 aromatic carbocycles. The Balaban J connectivity index is 1.29. The van der Waals surface area contributed by atoms with Crippen LogP contribution in [0.2, 0.25) is 5.02 Å². The van der Waals surface area contributed by atoms with Gasteiger partial charge in [0.05, 0.1) is 19.8 Å². The fourth-order valence-electron chi connectivity index (χ4n) is 4.58. The zero-order valence-corrected chi connectivity index (χ0v) is 22.4. The first-order valence-electron chi connectivity index (χ1n) is 12.6. The zero-order valence-electron chi connectivity index (χ0n) is 21.6. The number of ether oxygens (including phenoxy) is 2. The summed E-state index contributed by atoms with van der Waals surface area (Å²) >= 11 is 5.99. The fourth-order valence-corrected chi connectivity index (χ4v) is 4.77. The molecule has 1 fully saturated rings. The van der Waals surface area contributed by atoms with Gasteiger partial charge in [-0.25, -0.2) is 4.79 Å². The van der Waals surface area contributed by atoms with Crippen LogP contribution in [0.5, 0.6) is 11.5 Å². The van der Waals surface area contributed by atoms with E-state index >= 15 is 0 Å². The monoisotopic (exact) mass is 536 g/mol. The maximum absolute atomic E-state index is 13.1. The van der Waals surface area contributed by atoms with Crippen molar-refractivity contribution in [3.05, 3.63) is 82.9 Å². The quantitative estimate of drug-likeness (QED) is 0.353. The molecule has 0 aromatic heterocycles. The number of hydrogen-bond donors (Lipinski definition) is 3. The first-order valence-corrected chi connectivity index (χ1v) is 13.0. The molecule has 0 spiro atoms. The van der Waals surface area contributed by atoms with Crippen LogP contribution >= 0.6 is 11.6 Å². The van der Waals surface area contributed by atoms with Gasteiger partial charge in [0.25, 0.3) is 5.91 Å². The molecule has 38 heavy (non-hydrogen) atoms. The molecule has 1 aliphatic heterocycles. The summed E-state index contributed by atoms with van der Waals surface area (Å²) in [6.07, 6.45) is 2.22. The Labute approximate surface area is 228 Å². The molecule has 0 atom stereocenters. The predicted molar refractivity (Wildman–Crippen MR) is 151 cm³/mol. The van der Waals surface area contributed by atoms with Crippen LogP contribution in [0.3, 0.4) is 0 Å². The number of carbonyl (C=O) groups is 2. The van der Waals surface area contributed by atoms with Gasteiger partial charge in [-0.15, -0.1) is 0 Å². The summed E-state index contributed by atoms with van der Waals surface area (Å²) < 4.78 is 10.7. The molecule has 0 radical (unpaired) electrons. The number of para-hydroxylation sites is 1. The van der Waals surface area contributed by atoms with Gasteiger partial charge in [0.2, 0.25) is 0 Å². The summed E-state index contributed by atoms with van der Waals surface area (Å²) in [7, 11) is 3.21. The second-order valence-electron chi connectivity index (χ2n) is 9.08. The van der Waals surface area contributed by atoms with Crippen molar-refractivity contribution in [2.24, 2.45) is 0 Å². The molecule has 0 unspecified atom stereocenters. The Morgan fingerprint density at radius 2 is 1.71 bits per heavy atom. The molecule has 8 nitrogen and oxygen atoms in total. The van der Waals surface area contributed by atoms with E-state index in [1.165, 1.54) is 0 Å². The highest BCUT2D eigenvalue weighted by Crippen LogP contribution is 2.28. The summed E-state index contributed by atoms with van der Waals surface area (Å²) in [5.74, 6) is 1.23. The Bertz CT molecular complexity index is 1260. The number of rotatable bonds is 9. The molecule has 1 heterocycles. The first kappa shape index (κ1) is 27.1. The highest BCUT2D eigenvalue weighted by atomic mass is 35.5. The van der Waals surface area contributed by atoms with E-state index in [1.54, 1.807) is 38.5 Å². The molecule has 0 aliphatic carbocycles. The van der Waals surface area contributed by atoms with Crippen molar-refractivity contribution in [2.75, 3.05) is 44.1 Å². The summed E-state index contributed by atoms with van der Waals surface area (Å²) in [5.41, 5.74) is 3.24. The largest absolute Gasteiger partial charge is 0.493 e. The van der Waals surface area contributed by atoms with Gasteiger partial charge in [0.15, 0.2) is 11.5 Å². The van der Waals surface area contributed by atoms with Crippen LogP contribution in [0.4, 0.5) is 16.2 Å². The smallest absolute Gasteiger partial charge is 0.319 e. The van der Waals surface area contributed by atoms with Crippen molar-refractivity contribution in [1.29, 1.82) is 0 Å². The van der Waals surface area contributed by atoms with E-state index in [0.717, 1.165) is 37.2 Å². The molecule has 1 saturated heterocycles. The lowest BCUT2D eigenvalue weighted by Gasteiger charge is -2.34. The van der Waals surface area contributed by atoms with E-state index in [-0.39, 0.29) is 18.0 Å². The molecule has 0 saturated carbocycles. The standard InChI is InChI=1S/C29H33ClN4O4/c1-37-26-11-10-20(18-27(26)38-2)12-15-31-28(35)24-8-3-4-9-25(24)34-16-13-22(14-17-34)32-29(36)33-23-7-5-6-21(30)19-23/h3-11,18-19,22H,12-17H2,1-2H3,(H,31,35)(H2,32,33,36). The fraction of sp³-hybridized carbons (Fsp3) is 0.310. The lowest BCUT2D eigenvalue weighted by molar-refractivity contribution is 0.0954. The van der Waals surface area contributed by atoms with Crippen LogP contribution in [-0.4, -0.2) is 51.8 Å². The number of piperidine rings is 1. The molecule has 4 rings (SSSR count). The van der Waals surface area contributed by atoms with Gasteiger partial charge >= 0.3 is 6.03 Å². The number of amides is 3. The van der Waals surface area contributed by atoms with Crippen LogP contribution < -0.4 is 30.3 Å². The van der Waals surface area contributed by atoms with Crippen molar-refractivity contribution < 1.29 is 19.1 Å². The molecule has 3 N–H and O–H groups in total. The summed E-state index contributed by atoms with van der Waals surface area (Å²) in [5, 5.41) is 9.48. The number of methoxy groups -OCH3 is 2. The van der Waals surface area contributed by atoms with Crippen molar-refractivity contribution >= 4 is 34.9 Å². The maximum atomic E-state index is 13.1. The van der Waals surface area contributed by atoms with Gasteiger partial charge in [-0.3, -0.25) is 4.79 Å². The number of urea groups is 1. The highest BCUT2D eigenvalue weighted by molar-refractivity contribution is 6.30. The van der Waals surface area contributed by atoms with Crippen molar-refractivity contribution in [3.8, 4) is 11.5 Å². The molecule has 3 aromatic rings. The number of carbonyl (C=O) groups excluding carboxylic acids is 2. The normalized spacial score (nSPS) is 13.5. The third kappa shape index (κ3) is 7.10. The van der Waals surface area contributed by atoms with Crippen molar-refractivity contribution in [3.63, 3.8) is 0 Å². The van der Waals surface area contributed by atoms with Crippen LogP contribution in [-0.2, 0) is 6.42 Å². The lowest BCUT2D eigenvalue weighted by atomic mass is 10.0. The maximum Gasteiger partial charge on any atom is 0.319 e. The van der Waals surface area contributed by atoms with E-state index in [0.29, 0.717) is 40.7 Å². The Morgan fingerprint density at radius 1 is 0.947 bits per heavy atom. The van der Waals surface area contributed by atoms with Crippen molar-refractivity contribution in [1.82, 2.24) is 10.6 Å². The minimum atomic E-state index is -0.250. The zero-order chi connectivity index (χ0) is 26.9. The van der Waals surface area contributed by atoms with Gasteiger partial charge in [-0.2, -0.15) is 0 Å². The predicted octanol–water partition coefficient (Wildman–Crippen LogP) is 5.12. The Kier molecular flexibility index (Phi) is 9.32. The van der Waals surface area contributed by atoms with E-state index in [2.05, 4.69) is 20.9 Å². The number of nitrogens with zero attached hydrogens (tertiary/aromatic N) is 1. The molecular formula is C29H33ClN4O4. The third-order valence-electron chi connectivity index (χ3n) is 6.55. The lowest BCUT2D eigenvalue weighted by Crippen LogP contribution is -2.46. The summed E-state index contributed by atoms with van der Waals surface area (Å²) in [6, 6.07) is 20.3. The number of halogens is 1. The number of hydrogen-bond acceptors (Lipinski definition) is 5. The highest BCUT2D eigenvalue weighted by Gasteiger charge is 2.24. The first-order chi connectivity index (χ1) is 18.5. The van der Waals surface area contributed by atoms with Crippen LogP contribution in [0.1, 0.15) is 28.8 Å². The second kappa shape index (κ2) is 13.1. The second-order valence-corrected chi connectivity index (χ2v) is 9.52. The molecule has 9 heteroatoms. The van der Waals surface area contributed by atoms with E-state index in [1.807, 2.05) is 42.5 Å². The molecule has 3 amide bonds. The third-order valence-corrected chi connectivity index (χ3v) is 6.78. The van der Waals surface area contributed by atoms with Gasteiger partial charge in [-0.1, -0.05) is 35.9 Å². The molecular weight excluding hydrogens is 504 g/mol. The van der Waals surface area contributed by atoms with E-state index in [9.17, 15) is 9.59 Å². The summed E-state index contributed by atoms with van der Waals surface area (Å²) in [6.45, 7) is 1.96. The minimum Gasteiger partial charge on any atom is -0.493 e. The summed E-state index contributed by atoms with van der Waals surface area (Å²) in [4.78, 5) is 27.7. The van der Waals surface area contributed by atoms with Gasteiger partial charge in [0, 0.05) is 42.1 Å². The number of nitrogens with one attached hydrogen (secondary N) is 3. The Hall–Kier alpha value is -3.91. The number of anilines is 2. The molecule has 1 aliphatic rings. The van der Waals surface area contributed by atoms with E-state index < -0.39 is 0 Å². The van der Waals surface area contributed by atoms with Crippen LogP contribution in [0, 0.1) is 0 Å². The average molecular weight is 537 g/mol. The minimum absolute atomic E-state index is 0.0490. The van der Waals surface area contributed by atoms with Gasteiger partial charge in [0.1, 0.15) is 0 Å². The van der Waals surface area contributed by atoms with Gasteiger partial charge in [-0.05, 0) is 67.3 Å². The molecule has 200 valence electrons. The van der Waals surface area contributed by atoms with Gasteiger partial charge < -0.3 is 30.3 Å². The van der Waals surface area contributed by atoms with Crippen molar-refractivity contribution in [2.45, 2.75) is 25.3 Å². The van der Waals surface area contributed by atoms with Crippen LogP contribution in [0.25, 0.3) is 0 Å². The SMILES string of the molecule is COc1ccc(CCNC(=O)c2ccccc2N2CCC(NC(=O)Nc3cccc(Cl)c3)CC2)cc1OC.